The second-order valence-corrected chi connectivity index (χ2v) is 13.2. The number of ether oxygens (including phenoxy) is 1. The quantitative estimate of drug-likeness (QED) is 0.128. The molecule has 0 saturated heterocycles. The van der Waals surface area contributed by atoms with Gasteiger partial charge >= 0.3 is 6.09 Å². The van der Waals surface area contributed by atoms with Crippen molar-refractivity contribution in [2.75, 3.05) is 12.4 Å². The van der Waals surface area contributed by atoms with Crippen molar-refractivity contribution in [3.63, 3.8) is 0 Å². The van der Waals surface area contributed by atoms with Crippen LogP contribution in [0.5, 0.6) is 0 Å². The van der Waals surface area contributed by atoms with Gasteiger partial charge in [-0.3, -0.25) is 14.9 Å². The topological polar surface area (TPSA) is 114 Å². The fourth-order valence-corrected chi connectivity index (χ4v) is 6.82. The molecule has 3 heterocycles. The first-order valence-corrected chi connectivity index (χ1v) is 16.6. The van der Waals surface area contributed by atoms with E-state index in [0.717, 1.165) is 36.7 Å². The molecule has 3 aromatic heterocycles. The van der Waals surface area contributed by atoms with Crippen molar-refractivity contribution in [2.24, 2.45) is 0 Å². The third-order valence-electron chi connectivity index (χ3n) is 7.03. The summed E-state index contributed by atoms with van der Waals surface area (Å²) in [5.74, 6) is -0.303. The van der Waals surface area contributed by atoms with Gasteiger partial charge < -0.3 is 9.72 Å². The lowest BCUT2D eigenvalue weighted by Crippen LogP contribution is -2.12. The minimum atomic E-state index is -0.617. The van der Waals surface area contributed by atoms with Gasteiger partial charge in [0.2, 0.25) is 0 Å². The smallest absolute Gasteiger partial charge is 0.411 e. The molecule has 242 valence electrons. The number of ketones is 2. The Kier molecular flexibility index (Phi) is 11.1. The zero-order chi connectivity index (χ0) is 34.5. The van der Waals surface area contributed by atoms with Gasteiger partial charge in [-0.2, -0.15) is 0 Å². The summed E-state index contributed by atoms with van der Waals surface area (Å²) in [7, 11) is 1.29. The highest BCUT2D eigenvalue weighted by Crippen LogP contribution is 2.32. The number of benzene rings is 3. The van der Waals surface area contributed by atoms with Crippen LogP contribution in [0.3, 0.4) is 0 Å². The van der Waals surface area contributed by atoms with Crippen LogP contribution in [0.1, 0.15) is 43.2 Å². The Morgan fingerprint density at radius 2 is 1.29 bits per heavy atom. The van der Waals surface area contributed by atoms with Crippen LogP contribution < -0.4 is 5.32 Å². The van der Waals surface area contributed by atoms with E-state index in [4.69, 9.17) is 27.9 Å². The Morgan fingerprint density at radius 3 is 1.85 bits per heavy atom. The monoisotopic (exact) mass is 806 g/mol. The molecule has 0 atom stereocenters. The third-order valence-corrected chi connectivity index (χ3v) is 8.33. The Labute approximate surface area is 303 Å². The molecule has 0 unspecified atom stereocenters. The summed E-state index contributed by atoms with van der Waals surface area (Å²) in [6.45, 7) is 3.58. The molecule has 3 aromatic carbocycles. The number of carbonyl (C=O) groups is 3. The number of methoxy groups -OCH3 is 1. The highest BCUT2D eigenvalue weighted by Gasteiger charge is 2.16. The van der Waals surface area contributed by atoms with Gasteiger partial charge in [-0.25, -0.2) is 14.8 Å². The maximum Gasteiger partial charge on any atom is 0.411 e. The lowest BCUT2D eigenvalue weighted by molar-refractivity contribution is 0.103. The zero-order valence-corrected chi connectivity index (χ0v) is 30.4. The molecule has 6 rings (SSSR count). The molecular formula is C36H26Br2Cl2N4O4. The summed E-state index contributed by atoms with van der Waals surface area (Å²) in [5, 5.41) is 4.24. The first-order chi connectivity index (χ1) is 22.9. The molecule has 2 N–H and O–H groups in total. The van der Waals surface area contributed by atoms with Gasteiger partial charge in [-0.15, -0.1) is 0 Å². The van der Waals surface area contributed by atoms with Crippen LogP contribution in [0.4, 0.5) is 10.5 Å². The minimum Gasteiger partial charge on any atom is -0.453 e. The maximum atomic E-state index is 13.2. The summed E-state index contributed by atoms with van der Waals surface area (Å²) >= 11 is 18.6. The van der Waals surface area contributed by atoms with E-state index in [-0.39, 0.29) is 16.7 Å². The van der Waals surface area contributed by atoms with Crippen molar-refractivity contribution in [3.05, 3.63) is 144 Å². The number of rotatable bonds is 6. The summed E-state index contributed by atoms with van der Waals surface area (Å²) in [6, 6.07) is 25.0. The predicted molar refractivity (Wildman–Crippen MR) is 196 cm³/mol. The SMILES string of the molecule is COC(=O)Nc1cc(C(=O)c2cc(C)nc(Cl)c2)cc(-c2cccc3[nH]ccc23)c1.Cc1cc(C(=O)c2cc(Br)cc(Br)c2)cc(Cl)n1. The van der Waals surface area contributed by atoms with Crippen molar-refractivity contribution in [3.8, 4) is 11.1 Å². The molecule has 0 bridgehead atoms. The molecule has 12 heteroatoms. The van der Waals surface area contributed by atoms with Crippen molar-refractivity contribution in [2.45, 2.75) is 13.8 Å². The highest BCUT2D eigenvalue weighted by atomic mass is 79.9. The molecule has 0 spiro atoms. The number of carbonyl (C=O) groups excluding carboxylic acids is 3. The molecule has 6 aromatic rings. The van der Waals surface area contributed by atoms with Gasteiger partial charge in [0, 0.05) is 65.4 Å². The number of aromatic nitrogens is 3. The second kappa shape index (κ2) is 15.3. The van der Waals surface area contributed by atoms with Gasteiger partial charge in [-0.05, 0) is 97.8 Å². The Bertz CT molecular complexity index is 2090. The molecule has 0 aliphatic rings. The number of halogens is 4. The number of hydrogen-bond acceptors (Lipinski definition) is 6. The van der Waals surface area contributed by atoms with E-state index in [2.05, 4.69) is 52.1 Å². The van der Waals surface area contributed by atoms with E-state index < -0.39 is 6.09 Å². The summed E-state index contributed by atoms with van der Waals surface area (Å²) in [4.78, 5) is 48.7. The van der Waals surface area contributed by atoms with E-state index >= 15 is 0 Å². The number of H-pyrrole nitrogens is 1. The van der Waals surface area contributed by atoms with Gasteiger partial charge in [0.05, 0.1) is 7.11 Å². The van der Waals surface area contributed by atoms with Gasteiger partial charge in [0.15, 0.2) is 11.6 Å². The van der Waals surface area contributed by atoms with Crippen LogP contribution in [0.25, 0.3) is 22.0 Å². The first kappa shape index (κ1) is 35.0. The molecule has 0 aliphatic heterocycles. The largest absolute Gasteiger partial charge is 0.453 e. The van der Waals surface area contributed by atoms with Gasteiger partial charge in [-0.1, -0.05) is 67.2 Å². The molecule has 48 heavy (non-hydrogen) atoms. The van der Waals surface area contributed by atoms with E-state index in [0.29, 0.717) is 38.8 Å². The van der Waals surface area contributed by atoms with Gasteiger partial charge in [0.1, 0.15) is 10.3 Å². The molecule has 1 amide bonds. The van der Waals surface area contributed by atoms with Crippen molar-refractivity contribution < 1.29 is 19.1 Å². The van der Waals surface area contributed by atoms with Crippen molar-refractivity contribution in [1.29, 1.82) is 0 Å². The number of aryl methyl sites for hydroxylation is 2. The van der Waals surface area contributed by atoms with E-state index in [1.54, 1.807) is 62.4 Å². The van der Waals surface area contributed by atoms with Crippen LogP contribution >= 0.6 is 55.1 Å². The van der Waals surface area contributed by atoms with E-state index in [9.17, 15) is 14.4 Å². The molecule has 0 radical (unpaired) electrons. The standard InChI is InChI=1S/C23H18ClN3O3.C13H8Br2ClNO/c1-13-8-15(12-21(24)26-13)22(28)16-9-14(10-17(11-16)27-23(29)30-2)18-4-3-5-20-19(18)6-7-25-20;1-7-2-8(5-12(16)17-7)13(18)9-3-10(14)6-11(15)4-9/h3-12,25H,1-2H3,(H,27,29);2-6H,1H3. The summed E-state index contributed by atoms with van der Waals surface area (Å²) < 4.78 is 6.40. The Morgan fingerprint density at radius 1 is 0.729 bits per heavy atom. The molecule has 0 fully saturated rings. The van der Waals surface area contributed by atoms with Crippen molar-refractivity contribution in [1.82, 2.24) is 15.0 Å². The summed E-state index contributed by atoms with van der Waals surface area (Å²) in [5.41, 5.74) is 6.48. The number of amides is 1. The normalized spacial score (nSPS) is 10.6. The van der Waals surface area contributed by atoms with Crippen LogP contribution in [-0.2, 0) is 4.74 Å². The number of anilines is 1. The number of aromatic amines is 1. The molecule has 8 nitrogen and oxygen atoms in total. The average Bonchev–Trinajstić information content (AvgIpc) is 3.52. The van der Waals surface area contributed by atoms with Crippen LogP contribution in [0.2, 0.25) is 10.3 Å². The third kappa shape index (κ3) is 8.56. The molecule has 0 saturated carbocycles. The number of hydrogen-bond donors (Lipinski definition) is 2. The predicted octanol–water partition coefficient (Wildman–Crippen LogP) is 10.4. The average molecular weight is 809 g/mol. The van der Waals surface area contributed by atoms with Crippen LogP contribution in [-0.4, -0.2) is 39.7 Å². The second-order valence-electron chi connectivity index (χ2n) is 10.6. The Hall–Kier alpha value is -4.35. The number of fused-ring (bicyclic) bond motifs is 1. The van der Waals surface area contributed by atoms with Crippen LogP contribution in [0, 0.1) is 13.8 Å². The minimum absolute atomic E-state index is 0.0793. The summed E-state index contributed by atoms with van der Waals surface area (Å²) in [6.07, 6.45) is 1.24. The van der Waals surface area contributed by atoms with Crippen molar-refractivity contribution >= 4 is 89.3 Å². The first-order valence-electron chi connectivity index (χ1n) is 14.3. The zero-order valence-electron chi connectivity index (χ0n) is 25.7. The van der Waals surface area contributed by atoms with Crippen LogP contribution in [0.15, 0.2) is 100 Å². The molecule has 0 aliphatic carbocycles. The number of pyridine rings is 2. The lowest BCUT2D eigenvalue weighted by Gasteiger charge is -2.12. The van der Waals surface area contributed by atoms with Gasteiger partial charge in [0.25, 0.3) is 0 Å². The fraction of sp³-hybridized carbons (Fsp3) is 0.0833. The highest BCUT2D eigenvalue weighted by molar-refractivity contribution is 9.11. The number of nitrogens with zero attached hydrogens (tertiary/aromatic N) is 2. The Balaban J connectivity index is 0.000000214. The number of nitrogens with one attached hydrogen (secondary N) is 2. The lowest BCUT2D eigenvalue weighted by atomic mass is 9.95. The fourth-order valence-electron chi connectivity index (χ4n) is 5.03. The molecular weight excluding hydrogens is 783 g/mol. The van der Waals surface area contributed by atoms with E-state index in [1.807, 2.05) is 36.5 Å². The maximum absolute atomic E-state index is 13.2. The van der Waals surface area contributed by atoms with E-state index in [1.165, 1.54) is 13.2 Å².